The number of aliphatic hydroxyl groups excluding tert-OH is 1. The number of aliphatic hydroxyl groups is 2. The summed E-state index contributed by atoms with van der Waals surface area (Å²) >= 11 is 0. The van der Waals surface area contributed by atoms with Crippen LogP contribution in [0, 0.1) is 17.2 Å². The van der Waals surface area contributed by atoms with E-state index in [1.165, 1.54) is 0 Å². The van der Waals surface area contributed by atoms with E-state index in [1.54, 1.807) is 25.1 Å². The van der Waals surface area contributed by atoms with E-state index in [4.69, 9.17) is 5.26 Å². The first-order chi connectivity index (χ1) is 8.09. The second kappa shape index (κ2) is 4.08. The van der Waals surface area contributed by atoms with Crippen molar-refractivity contribution in [3.05, 3.63) is 53.8 Å². The lowest BCUT2D eigenvalue weighted by Crippen LogP contribution is -2.38. The normalized spacial score (nSPS) is 27.9. The molecule has 0 radical (unpaired) electrons. The lowest BCUT2D eigenvalue weighted by Gasteiger charge is -2.29. The van der Waals surface area contributed by atoms with Gasteiger partial charge >= 0.3 is 0 Å². The number of hydrogen-bond acceptors (Lipinski definition) is 3. The summed E-state index contributed by atoms with van der Waals surface area (Å²) in [4.78, 5) is 0. The Kier molecular flexibility index (Phi) is 2.74. The number of nitrogens with zero attached hydrogens (tertiary/aromatic N) is 1. The van der Waals surface area contributed by atoms with E-state index < -0.39 is 11.5 Å². The zero-order valence-electron chi connectivity index (χ0n) is 9.46. The molecule has 0 aliphatic heterocycles. The minimum atomic E-state index is -1.83. The smallest absolute Gasteiger partial charge is 0.215 e. The van der Waals surface area contributed by atoms with Gasteiger partial charge in [-0.25, -0.2) is 0 Å². The van der Waals surface area contributed by atoms with Gasteiger partial charge in [-0.15, -0.1) is 0 Å². The lowest BCUT2D eigenvalue weighted by atomic mass is 9.80. The molecule has 0 aromatic heterocycles. The first-order valence-corrected chi connectivity index (χ1v) is 5.40. The van der Waals surface area contributed by atoms with Crippen molar-refractivity contribution in [1.82, 2.24) is 0 Å². The molecule has 0 fully saturated rings. The molecule has 3 heteroatoms. The zero-order valence-corrected chi connectivity index (χ0v) is 9.46. The van der Waals surface area contributed by atoms with E-state index in [0.717, 1.165) is 5.56 Å². The number of rotatable bonds is 1. The Labute approximate surface area is 99.9 Å². The summed E-state index contributed by atoms with van der Waals surface area (Å²) < 4.78 is 0. The summed E-state index contributed by atoms with van der Waals surface area (Å²) in [6.07, 6.45) is 3.46. The molecular formula is C14H13NO2. The minimum absolute atomic E-state index is 0.277. The fraction of sp³-hybridized carbons (Fsp3) is 0.214. The highest BCUT2D eigenvalue weighted by molar-refractivity contribution is 5.78. The summed E-state index contributed by atoms with van der Waals surface area (Å²) in [6, 6.07) is 11.0. The molecule has 3 nitrogen and oxygen atoms in total. The Bertz CT molecular complexity index is 525. The molecule has 1 aliphatic carbocycles. The Hall–Kier alpha value is -2.05. The van der Waals surface area contributed by atoms with Gasteiger partial charge in [0, 0.05) is 11.5 Å². The SMILES string of the molecule is C[C@@H]1C=CC(c2ccccc2)=C(O)[C@@]1(O)C#N. The van der Waals surface area contributed by atoms with Crippen molar-refractivity contribution in [2.75, 3.05) is 0 Å². The molecule has 2 N–H and O–H groups in total. The summed E-state index contributed by atoms with van der Waals surface area (Å²) in [5.41, 5.74) is -0.561. The van der Waals surface area contributed by atoms with E-state index in [-0.39, 0.29) is 5.76 Å². The second-order valence-corrected chi connectivity index (χ2v) is 4.15. The molecule has 0 bridgehead atoms. The number of hydrogen-bond donors (Lipinski definition) is 2. The summed E-state index contributed by atoms with van der Waals surface area (Å²) in [5, 5.41) is 29.2. The van der Waals surface area contributed by atoms with Gasteiger partial charge in [0.1, 0.15) is 11.8 Å². The lowest BCUT2D eigenvalue weighted by molar-refractivity contribution is 0.0551. The van der Waals surface area contributed by atoms with Gasteiger partial charge in [0.15, 0.2) is 0 Å². The Morgan fingerprint density at radius 1 is 1.29 bits per heavy atom. The highest BCUT2D eigenvalue weighted by atomic mass is 16.3. The van der Waals surface area contributed by atoms with Gasteiger partial charge in [-0.3, -0.25) is 0 Å². The molecule has 0 spiro atoms. The van der Waals surface area contributed by atoms with E-state index in [9.17, 15) is 10.2 Å². The van der Waals surface area contributed by atoms with Crippen LogP contribution < -0.4 is 0 Å². The molecule has 17 heavy (non-hydrogen) atoms. The quantitative estimate of drug-likeness (QED) is 0.724. The van der Waals surface area contributed by atoms with E-state index in [0.29, 0.717) is 5.57 Å². The molecule has 1 aromatic carbocycles. The third-order valence-electron chi connectivity index (χ3n) is 3.08. The largest absolute Gasteiger partial charge is 0.507 e. The Balaban J connectivity index is 2.56. The monoisotopic (exact) mass is 227 g/mol. The average Bonchev–Trinajstić information content (AvgIpc) is 2.37. The van der Waals surface area contributed by atoms with Crippen molar-refractivity contribution in [3.63, 3.8) is 0 Å². The van der Waals surface area contributed by atoms with E-state index in [2.05, 4.69) is 0 Å². The maximum Gasteiger partial charge on any atom is 0.215 e. The van der Waals surface area contributed by atoms with Gasteiger partial charge in [0.05, 0.1) is 0 Å². The van der Waals surface area contributed by atoms with Crippen molar-refractivity contribution in [3.8, 4) is 6.07 Å². The van der Waals surface area contributed by atoms with Crippen LogP contribution >= 0.6 is 0 Å². The molecular weight excluding hydrogens is 214 g/mol. The molecule has 0 heterocycles. The Morgan fingerprint density at radius 3 is 2.53 bits per heavy atom. The first kappa shape index (κ1) is 11.4. The predicted molar refractivity (Wildman–Crippen MR) is 64.9 cm³/mol. The summed E-state index contributed by atoms with van der Waals surface area (Å²) in [7, 11) is 0. The third kappa shape index (κ3) is 1.73. The van der Waals surface area contributed by atoms with Crippen LogP contribution in [-0.2, 0) is 0 Å². The molecule has 1 aromatic rings. The van der Waals surface area contributed by atoms with Gasteiger partial charge in [-0.05, 0) is 5.56 Å². The van der Waals surface area contributed by atoms with Crippen molar-refractivity contribution in [1.29, 1.82) is 5.26 Å². The van der Waals surface area contributed by atoms with Crippen molar-refractivity contribution < 1.29 is 10.2 Å². The topological polar surface area (TPSA) is 64.2 Å². The highest BCUT2D eigenvalue weighted by Crippen LogP contribution is 2.35. The minimum Gasteiger partial charge on any atom is -0.507 e. The zero-order chi connectivity index (χ0) is 12.5. The molecule has 2 rings (SSSR count). The van der Waals surface area contributed by atoms with Gasteiger partial charge in [0.2, 0.25) is 5.60 Å². The average molecular weight is 227 g/mol. The van der Waals surface area contributed by atoms with Gasteiger partial charge in [-0.2, -0.15) is 5.26 Å². The maximum absolute atomic E-state index is 10.1. The maximum atomic E-state index is 10.1. The van der Waals surface area contributed by atoms with Crippen LogP contribution in [0.3, 0.4) is 0 Å². The molecule has 0 saturated carbocycles. The van der Waals surface area contributed by atoms with Crippen LogP contribution in [0.25, 0.3) is 5.57 Å². The van der Waals surface area contributed by atoms with Crippen molar-refractivity contribution in [2.24, 2.45) is 5.92 Å². The molecule has 1 aliphatic rings. The molecule has 0 unspecified atom stereocenters. The second-order valence-electron chi connectivity index (χ2n) is 4.15. The van der Waals surface area contributed by atoms with Gasteiger partial charge in [-0.1, -0.05) is 49.4 Å². The standard InChI is InChI=1S/C14H13NO2/c1-10-7-8-12(11-5-3-2-4-6-11)13(16)14(10,17)9-15/h2-8,10,16-17H,1H3/t10-,14-/m1/s1. The number of benzene rings is 1. The molecule has 0 amide bonds. The summed E-state index contributed by atoms with van der Waals surface area (Å²) in [5.74, 6) is -0.707. The number of allylic oxidation sites excluding steroid dienone is 2. The third-order valence-corrected chi connectivity index (χ3v) is 3.08. The number of nitriles is 1. The highest BCUT2D eigenvalue weighted by Gasteiger charge is 2.41. The van der Waals surface area contributed by atoms with E-state index >= 15 is 0 Å². The van der Waals surface area contributed by atoms with Crippen molar-refractivity contribution >= 4 is 5.57 Å². The van der Waals surface area contributed by atoms with Crippen LogP contribution in [0.1, 0.15) is 12.5 Å². The van der Waals surface area contributed by atoms with Gasteiger partial charge in [0.25, 0.3) is 0 Å². The fourth-order valence-electron chi connectivity index (χ4n) is 1.89. The van der Waals surface area contributed by atoms with Crippen LogP contribution in [0.2, 0.25) is 0 Å². The Morgan fingerprint density at radius 2 is 1.94 bits per heavy atom. The summed E-state index contributed by atoms with van der Waals surface area (Å²) in [6.45, 7) is 1.69. The molecule has 2 atom stereocenters. The van der Waals surface area contributed by atoms with Crippen LogP contribution in [0.4, 0.5) is 0 Å². The van der Waals surface area contributed by atoms with Crippen LogP contribution in [0.5, 0.6) is 0 Å². The molecule has 86 valence electrons. The fourth-order valence-corrected chi connectivity index (χ4v) is 1.89. The van der Waals surface area contributed by atoms with Crippen LogP contribution in [0.15, 0.2) is 48.2 Å². The predicted octanol–water partition coefficient (Wildman–Crippen LogP) is 2.42. The van der Waals surface area contributed by atoms with Crippen molar-refractivity contribution in [2.45, 2.75) is 12.5 Å². The molecule has 0 saturated heterocycles. The van der Waals surface area contributed by atoms with Crippen LogP contribution in [-0.4, -0.2) is 15.8 Å². The van der Waals surface area contributed by atoms with E-state index in [1.807, 2.05) is 30.3 Å². The van der Waals surface area contributed by atoms with Gasteiger partial charge < -0.3 is 10.2 Å². The first-order valence-electron chi connectivity index (χ1n) is 5.40.